The van der Waals surface area contributed by atoms with Gasteiger partial charge in [0.1, 0.15) is 0 Å². The molecule has 1 aliphatic heterocycles. The van der Waals surface area contributed by atoms with Crippen LogP contribution in [-0.2, 0) is 9.59 Å². The number of carbonyl (C=O) groups excluding carboxylic acids is 1. The summed E-state index contributed by atoms with van der Waals surface area (Å²) in [6.07, 6.45) is -0.0243. The van der Waals surface area contributed by atoms with Gasteiger partial charge in [0, 0.05) is 18.4 Å². The van der Waals surface area contributed by atoms with Gasteiger partial charge in [-0.3, -0.25) is 9.59 Å². The molecule has 4 nitrogen and oxygen atoms in total. The van der Waals surface area contributed by atoms with Crippen LogP contribution in [0.4, 0.5) is 0 Å². The zero-order valence-electron chi connectivity index (χ0n) is 9.74. The molecule has 1 saturated heterocycles. The van der Waals surface area contributed by atoms with E-state index in [9.17, 15) is 9.59 Å². The van der Waals surface area contributed by atoms with E-state index in [0.29, 0.717) is 6.54 Å². The molecule has 0 spiro atoms. The summed E-state index contributed by atoms with van der Waals surface area (Å²) in [5.74, 6) is -1.08. The molecule has 2 N–H and O–H groups in total. The first-order valence-electron chi connectivity index (χ1n) is 5.82. The van der Waals surface area contributed by atoms with Crippen molar-refractivity contribution in [3.05, 3.63) is 35.9 Å². The molecule has 0 radical (unpaired) electrons. The SMILES string of the molecule is O=C(O)C[C@H]1[C@@H](C(=O)S)NC[C@H]1c1ccccc1. The van der Waals surface area contributed by atoms with Crippen LogP contribution in [0.1, 0.15) is 17.9 Å². The Morgan fingerprint density at radius 1 is 1.33 bits per heavy atom. The summed E-state index contributed by atoms with van der Waals surface area (Å²) in [5, 5.41) is 11.8. The largest absolute Gasteiger partial charge is 0.481 e. The lowest BCUT2D eigenvalue weighted by atomic mass is 9.83. The second-order valence-corrected chi connectivity index (χ2v) is 4.94. The van der Waals surface area contributed by atoms with E-state index >= 15 is 0 Å². The van der Waals surface area contributed by atoms with E-state index in [1.807, 2.05) is 30.3 Å². The molecular weight excluding hydrogens is 250 g/mol. The Hall–Kier alpha value is -1.33. The van der Waals surface area contributed by atoms with Crippen molar-refractivity contribution in [2.24, 2.45) is 5.92 Å². The Balaban J connectivity index is 2.24. The van der Waals surface area contributed by atoms with E-state index in [0.717, 1.165) is 5.56 Å². The van der Waals surface area contributed by atoms with E-state index in [-0.39, 0.29) is 23.4 Å². The number of carboxylic acid groups (broad SMARTS) is 1. The van der Waals surface area contributed by atoms with Crippen molar-refractivity contribution in [2.75, 3.05) is 6.54 Å². The average molecular weight is 265 g/mol. The predicted molar refractivity (Wildman–Crippen MR) is 70.7 cm³/mol. The smallest absolute Gasteiger partial charge is 0.303 e. The van der Waals surface area contributed by atoms with Crippen LogP contribution in [0, 0.1) is 5.92 Å². The molecular formula is C13H15NO3S. The Bertz CT molecular complexity index is 449. The molecule has 3 atom stereocenters. The maximum Gasteiger partial charge on any atom is 0.303 e. The van der Waals surface area contributed by atoms with Crippen molar-refractivity contribution in [1.82, 2.24) is 5.32 Å². The first-order chi connectivity index (χ1) is 8.59. The monoisotopic (exact) mass is 265 g/mol. The van der Waals surface area contributed by atoms with Gasteiger partial charge in [-0.2, -0.15) is 0 Å². The zero-order chi connectivity index (χ0) is 13.1. The third-order valence-corrected chi connectivity index (χ3v) is 3.68. The van der Waals surface area contributed by atoms with Crippen molar-refractivity contribution in [3.63, 3.8) is 0 Å². The maximum atomic E-state index is 11.4. The standard InChI is InChI=1S/C13H15NO3S/c15-11(16)6-9-10(7-14-12(9)13(17)18)8-4-2-1-3-5-8/h1-5,9-10,12,14H,6-7H2,(H,15,16)(H,17,18)/t9-,10+,12+/m1/s1. The molecule has 5 heteroatoms. The number of carbonyl (C=O) groups is 2. The van der Waals surface area contributed by atoms with Crippen LogP contribution >= 0.6 is 12.6 Å². The van der Waals surface area contributed by atoms with Crippen molar-refractivity contribution >= 4 is 23.7 Å². The molecule has 1 aliphatic rings. The molecule has 0 amide bonds. The molecule has 0 bridgehead atoms. The zero-order valence-corrected chi connectivity index (χ0v) is 10.6. The molecule has 0 unspecified atom stereocenters. The molecule has 2 rings (SSSR count). The van der Waals surface area contributed by atoms with Crippen molar-refractivity contribution < 1.29 is 14.7 Å². The summed E-state index contributed by atoms with van der Waals surface area (Å²) < 4.78 is 0. The maximum absolute atomic E-state index is 11.4. The Morgan fingerprint density at radius 3 is 2.56 bits per heavy atom. The van der Waals surface area contributed by atoms with Crippen LogP contribution in [0.15, 0.2) is 30.3 Å². The number of hydrogen-bond donors (Lipinski definition) is 3. The fourth-order valence-corrected chi connectivity index (χ4v) is 2.87. The van der Waals surface area contributed by atoms with E-state index in [2.05, 4.69) is 17.9 Å². The lowest BCUT2D eigenvalue weighted by molar-refractivity contribution is -0.138. The lowest BCUT2D eigenvalue weighted by Crippen LogP contribution is -2.34. The summed E-state index contributed by atoms with van der Waals surface area (Å²) in [7, 11) is 0. The minimum atomic E-state index is -0.885. The summed E-state index contributed by atoms with van der Waals surface area (Å²) in [5.41, 5.74) is 1.06. The van der Waals surface area contributed by atoms with Gasteiger partial charge in [-0.05, 0) is 5.56 Å². The Morgan fingerprint density at radius 2 is 2.00 bits per heavy atom. The highest BCUT2D eigenvalue weighted by Gasteiger charge is 2.40. The molecule has 96 valence electrons. The number of thiol groups is 1. The van der Waals surface area contributed by atoms with Gasteiger partial charge < -0.3 is 10.4 Å². The second-order valence-electron chi connectivity index (χ2n) is 4.50. The quantitative estimate of drug-likeness (QED) is 0.718. The highest BCUT2D eigenvalue weighted by Crippen LogP contribution is 2.34. The van der Waals surface area contributed by atoms with Crippen LogP contribution in [0.3, 0.4) is 0 Å². The van der Waals surface area contributed by atoms with E-state index in [1.165, 1.54) is 0 Å². The average Bonchev–Trinajstić information content (AvgIpc) is 2.73. The molecule has 18 heavy (non-hydrogen) atoms. The van der Waals surface area contributed by atoms with Gasteiger partial charge in [-0.25, -0.2) is 0 Å². The number of hydrogen-bond acceptors (Lipinski definition) is 3. The normalized spacial score (nSPS) is 27.1. The van der Waals surface area contributed by atoms with Crippen LogP contribution in [0.25, 0.3) is 0 Å². The van der Waals surface area contributed by atoms with Crippen molar-refractivity contribution in [1.29, 1.82) is 0 Å². The van der Waals surface area contributed by atoms with Crippen molar-refractivity contribution in [3.8, 4) is 0 Å². The number of aliphatic carboxylic acids is 1. The first-order valence-corrected chi connectivity index (χ1v) is 6.27. The number of rotatable bonds is 4. The molecule has 0 aliphatic carbocycles. The summed E-state index contributed by atoms with van der Waals surface area (Å²) in [6, 6.07) is 9.21. The van der Waals surface area contributed by atoms with Crippen molar-refractivity contribution in [2.45, 2.75) is 18.4 Å². The molecule has 1 aromatic carbocycles. The summed E-state index contributed by atoms with van der Waals surface area (Å²) in [4.78, 5) is 22.4. The molecule has 0 aromatic heterocycles. The fourth-order valence-electron chi connectivity index (χ4n) is 2.59. The lowest BCUT2D eigenvalue weighted by Gasteiger charge is -2.20. The van der Waals surface area contributed by atoms with E-state index in [4.69, 9.17) is 5.11 Å². The number of benzene rings is 1. The number of carboxylic acids is 1. The van der Waals surface area contributed by atoms with Crippen LogP contribution < -0.4 is 5.32 Å². The topological polar surface area (TPSA) is 66.4 Å². The van der Waals surface area contributed by atoms with Gasteiger partial charge in [-0.1, -0.05) is 30.3 Å². The van der Waals surface area contributed by atoms with Gasteiger partial charge in [0.05, 0.1) is 12.5 Å². The van der Waals surface area contributed by atoms with Gasteiger partial charge in [0.25, 0.3) is 0 Å². The predicted octanol–water partition coefficient (Wildman–Crippen LogP) is 1.29. The van der Waals surface area contributed by atoms with Crippen LogP contribution in [0.5, 0.6) is 0 Å². The van der Waals surface area contributed by atoms with E-state index < -0.39 is 12.0 Å². The fraction of sp³-hybridized carbons (Fsp3) is 0.385. The van der Waals surface area contributed by atoms with E-state index in [1.54, 1.807) is 0 Å². The highest BCUT2D eigenvalue weighted by atomic mass is 32.1. The third-order valence-electron chi connectivity index (χ3n) is 3.41. The highest BCUT2D eigenvalue weighted by molar-refractivity contribution is 7.96. The minimum absolute atomic E-state index is 0.0243. The molecule has 1 aromatic rings. The van der Waals surface area contributed by atoms with Crippen LogP contribution in [-0.4, -0.2) is 28.8 Å². The Labute approximate surface area is 111 Å². The summed E-state index contributed by atoms with van der Waals surface area (Å²) in [6.45, 7) is 0.610. The third kappa shape index (κ3) is 2.73. The first kappa shape index (κ1) is 13.1. The van der Waals surface area contributed by atoms with Gasteiger partial charge in [0.2, 0.25) is 5.12 Å². The summed E-state index contributed by atoms with van der Waals surface area (Å²) >= 11 is 3.83. The second kappa shape index (κ2) is 5.54. The molecule has 1 heterocycles. The van der Waals surface area contributed by atoms with Gasteiger partial charge in [0.15, 0.2) is 0 Å². The number of nitrogens with one attached hydrogen (secondary N) is 1. The van der Waals surface area contributed by atoms with Crippen LogP contribution in [0.2, 0.25) is 0 Å². The molecule has 0 saturated carbocycles. The Kier molecular flexibility index (Phi) is 4.04. The van der Waals surface area contributed by atoms with Gasteiger partial charge >= 0.3 is 5.97 Å². The minimum Gasteiger partial charge on any atom is -0.481 e. The van der Waals surface area contributed by atoms with Gasteiger partial charge in [-0.15, -0.1) is 12.6 Å². The molecule has 1 fully saturated rings.